The first-order valence-corrected chi connectivity index (χ1v) is 8.04. The van der Waals surface area contributed by atoms with Crippen LogP contribution in [0, 0.1) is 5.92 Å². The monoisotopic (exact) mass is 244 g/mol. The molecule has 1 fully saturated rings. The number of nitrogens with one attached hydrogen (secondary N) is 1. The Labute approximate surface area is 106 Å². The fourth-order valence-electron chi connectivity index (χ4n) is 2.56. The van der Waals surface area contributed by atoms with E-state index in [9.17, 15) is 0 Å². The van der Waals surface area contributed by atoms with Crippen molar-refractivity contribution in [2.75, 3.05) is 31.6 Å². The fourth-order valence-corrected chi connectivity index (χ4v) is 3.25. The largest absolute Gasteiger partial charge is 0.314 e. The summed E-state index contributed by atoms with van der Waals surface area (Å²) in [7, 11) is 0. The van der Waals surface area contributed by atoms with Crippen LogP contribution in [-0.4, -0.2) is 48.6 Å². The highest BCUT2D eigenvalue weighted by atomic mass is 32.2. The molecule has 0 aromatic heterocycles. The minimum atomic E-state index is 0.740. The quantitative estimate of drug-likeness (QED) is 0.772. The third-order valence-electron chi connectivity index (χ3n) is 3.62. The first-order valence-electron chi connectivity index (χ1n) is 6.65. The minimum absolute atomic E-state index is 0.740. The van der Waals surface area contributed by atoms with Gasteiger partial charge < -0.3 is 5.32 Å². The van der Waals surface area contributed by atoms with Crippen LogP contribution in [0.5, 0.6) is 0 Å². The van der Waals surface area contributed by atoms with Gasteiger partial charge in [0.05, 0.1) is 0 Å². The van der Waals surface area contributed by atoms with Crippen LogP contribution < -0.4 is 5.32 Å². The lowest BCUT2D eigenvalue weighted by Gasteiger charge is -2.40. The van der Waals surface area contributed by atoms with Gasteiger partial charge >= 0.3 is 0 Å². The molecule has 2 nitrogen and oxygen atoms in total. The average molecular weight is 244 g/mol. The van der Waals surface area contributed by atoms with Gasteiger partial charge in [-0.05, 0) is 45.0 Å². The van der Waals surface area contributed by atoms with E-state index >= 15 is 0 Å². The third-order valence-corrected chi connectivity index (χ3v) is 4.44. The van der Waals surface area contributed by atoms with Crippen LogP contribution in [0.15, 0.2) is 0 Å². The van der Waals surface area contributed by atoms with Gasteiger partial charge in [-0.1, -0.05) is 13.8 Å². The molecule has 1 rings (SSSR count). The Hall–Kier alpha value is 0.270. The SMILES string of the molecule is CCCNC1CCN(C(C)CSC)CC1C. The molecule has 0 bridgehead atoms. The lowest BCUT2D eigenvalue weighted by atomic mass is 9.93. The van der Waals surface area contributed by atoms with Gasteiger partial charge in [-0.3, -0.25) is 4.90 Å². The lowest BCUT2D eigenvalue weighted by Crippen LogP contribution is -2.51. The van der Waals surface area contributed by atoms with Crippen molar-refractivity contribution in [1.29, 1.82) is 0 Å². The number of piperidine rings is 1. The minimum Gasteiger partial charge on any atom is -0.314 e. The molecule has 1 N–H and O–H groups in total. The van der Waals surface area contributed by atoms with Crippen molar-refractivity contribution in [3.05, 3.63) is 0 Å². The fraction of sp³-hybridized carbons (Fsp3) is 1.00. The van der Waals surface area contributed by atoms with Crippen molar-refractivity contribution >= 4 is 11.8 Å². The highest BCUT2D eigenvalue weighted by Gasteiger charge is 2.27. The molecular formula is C13H28N2S. The molecule has 0 radical (unpaired) electrons. The van der Waals surface area contributed by atoms with E-state index < -0.39 is 0 Å². The van der Waals surface area contributed by atoms with E-state index in [2.05, 4.69) is 37.2 Å². The Bertz CT molecular complexity index is 187. The van der Waals surface area contributed by atoms with Crippen LogP contribution in [-0.2, 0) is 0 Å². The molecule has 3 heteroatoms. The number of hydrogen-bond donors (Lipinski definition) is 1. The Balaban J connectivity index is 2.32. The summed E-state index contributed by atoms with van der Waals surface area (Å²) in [5.74, 6) is 2.06. The third kappa shape index (κ3) is 4.27. The van der Waals surface area contributed by atoms with Crippen molar-refractivity contribution in [2.45, 2.75) is 45.7 Å². The highest BCUT2D eigenvalue weighted by molar-refractivity contribution is 7.98. The van der Waals surface area contributed by atoms with Gasteiger partial charge in [-0.15, -0.1) is 0 Å². The van der Waals surface area contributed by atoms with Crippen molar-refractivity contribution in [1.82, 2.24) is 10.2 Å². The molecule has 1 heterocycles. The summed E-state index contributed by atoms with van der Waals surface area (Å²) in [6.07, 6.45) is 4.77. The molecule has 16 heavy (non-hydrogen) atoms. The van der Waals surface area contributed by atoms with Crippen molar-refractivity contribution < 1.29 is 0 Å². The van der Waals surface area contributed by atoms with Crippen LogP contribution >= 0.6 is 11.8 Å². The maximum Gasteiger partial charge on any atom is 0.0158 e. The van der Waals surface area contributed by atoms with E-state index in [-0.39, 0.29) is 0 Å². The van der Waals surface area contributed by atoms with Crippen molar-refractivity contribution in [3.8, 4) is 0 Å². The van der Waals surface area contributed by atoms with E-state index in [0.29, 0.717) is 0 Å². The van der Waals surface area contributed by atoms with Gasteiger partial charge in [0, 0.05) is 24.4 Å². The molecule has 0 aromatic rings. The van der Waals surface area contributed by atoms with E-state index in [0.717, 1.165) is 18.0 Å². The Morgan fingerprint density at radius 3 is 2.81 bits per heavy atom. The predicted molar refractivity (Wildman–Crippen MR) is 75.3 cm³/mol. The standard InChI is InChI=1S/C13H28N2S/c1-5-7-14-13-6-8-15(9-11(13)2)12(3)10-16-4/h11-14H,5-10H2,1-4H3. The van der Waals surface area contributed by atoms with Crippen LogP contribution in [0.25, 0.3) is 0 Å². The van der Waals surface area contributed by atoms with Crippen LogP contribution in [0.2, 0.25) is 0 Å². The van der Waals surface area contributed by atoms with E-state index in [1.165, 1.54) is 38.2 Å². The molecule has 1 aliphatic rings. The molecule has 1 saturated heterocycles. The number of hydrogen-bond acceptors (Lipinski definition) is 3. The van der Waals surface area contributed by atoms with E-state index in [1.807, 2.05) is 11.8 Å². The van der Waals surface area contributed by atoms with Gasteiger partial charge in [0.25, 0.3) is 0 Å². The molecular weight excluding hydrogens is 216 g/mol. The highest BCUT2D eigenvalue weighted by Crippen LogP contribution is 2.19. The predicted octanol–water partition coefficient (Wildman–Crippen LogP) is 2.45. The van der Waals surface area contributed by atoms with Gasteiger partial charge in [-0.2, -0.15) is 11.8 Å². The van der Waals surface area contributed by atoms with Crippen molar-refractivity contribution in [2.24, 2.45) is 5.92 Å². The maximum atomic E-state index is 3.68. The van der Waals surface area contributed by atoms with Crippen LogP contribution in [0.3, 0.4) is 0 Å². The summed E-state index contributed by atoms with van der Waals surface area (Å²) in [6.45, 7) is 10.7. The zero-order valence-electron chi connectivity index (χ0n) is 11.3. The van der Waals surface area contributed by atoms with E-state index in [1.54, 1.807) is 0 Å². The Morgan fingerprint density at radius 2 is 2.25 bits per heavy atom. The van der Waals surface area contributed by atoms with Crippen LogP contribution in [0.1, 0.15) is 33.6 Å². The first-order chi connectivity index (χ1) is 7.69. The number of thioether (sulfide) groups is 1. The second-order valence-electron chi connectivity index (χ2n) is 5.13. The van der Waals surface area contributed by atoms with Gasteiger partial charge in [0.2, 0.25) is 0 Å². The van der Waals surface area contributed by atoms with Gasteiger partial charge in [0.1, 0.15) is 0 Å². The van der Waals surface area contributed by atoms with Gasteiger partial charge in [-0.25, -0.2) is 0 Å². The second-order valence-corrected chi connectivity index (χ2v) is 6.04. The number of likely N-dealkylation sites (tertiary alicyclic amines) is 1. The molecule has 3 atom stereocenters. The first kappa shape index (κ1) is 14.3. The molecule has 0 spiro atoms. The lowest BCUT2D eigenvalue weighted by molar-refractivity contribution is 0.120. The molecule has 96 valence electrons. The molecule has 0 amide bonds. The summed E-state index contributed by atoms with van der Waals surface area (Å²) in [6, 6.07) is 1.49. The average Bonchev–Trinajstić information content (AvgIpc) is 2.27. The number of nitrogens with zero attached hydrogens (tertiary/aromatic N) is 1. The zero-order chi connectivity index (χ0) is 12.0. The van der Waals surface area contributed by atoms with Gasteiger partial charge in [0.15, 0.2) is 0 Å². The summed E-state index contributed by atoms with van der Waals surface area (Å²) in [5, 5.41) is 3.68. The molecule has 1 aliphatic heterocycles. The van der Waals surface area contributed by atoms with E-state index in [4.69, 9.17) is 0 Å². The summed E-state index contributed by atoms with van der Waals surface area (Å²) >= 11 is 1.96. The Kier molecular flexibility index (Phi) is 6.78. The molecule has 3 unspecified atom stereocenters. The topological polar surface area (TPSA) is 15.3 Å². The normalized spacial score (nSPS) is 29.2. The molecule has 0 saturated carbocycles. The summed E-state index contributed by atoms with van der Waals surface area (Å²) in [4.78, 5) is 2.66. The number of rotatable bonds is 6. The smallest absolute Gasteiger partial charge is 0.0158 e. The summed E-state index contributed by atoms with van der Waals surface area (Å²) < 4.78 is 0. The second kappa shape index (κ2) is 7.57. The Morgan fingerprint density at radius 1 is 1.50 bits per heavy atom. The zero-order valence-corrected chi connectivity index (χ0v) is 12.1. The molecule has 0 aliphatic carbocycles. The molecule has 0 aromatic carbocycles. The van der Waals surface area contributed by atoms with Crippen LogP contribution in [0.4, 0.5) is 0 Å². The van der Waals surface area contributed by atoms with Crippen molar-refractivity contribution in [3.63, 3.8) is 0 Å². The maximum absolute atomic E-state index is 3.68. The summed E-state index contributed by atoms with van der Waals surface area (Å²) in [5.41, 5.74) is 0.